The van der Waals surface area contributed by atoms with Gasteiger partial charge in [-0.3, -0.25) is 18.0 Å². The Morgan fingerprint density at radius 2 is 1.04 bits per heavy atom. The van der Waals surface area contributed by atoms with Crippen LogP contribution in [0.2, 0.25) is 0 Å². The number of fused-ring (bicyclic) bond motifs is 2. The maximum atomic E-state index is 13.0. The number of aromatic hydroxyl groups is 6. The fourth-order valence-corrected chi connectivity index (χ4v) is 4.62. The molecule has 0 atom stereocenters. The Morgan fingerprint density at radius 3 is 1.63 bits per heavy atom. The monoisotopic (exact) mass is 758 g/mol. The average molecular weight is 760 g/mol. The molecule has 252 valence electrons. The molecule has 12 nitrogen and oxygen atoms in total. The van der Waals surface area contributed by atoms with E-state index in [9.17, 15) is 48.6 Å². The number of phenolic OH excluding ortho intramolecular Hbond substituents is 6. The van der Waals surface area contributed by atoms with Crippen LogP contribution < -0.4 is 10.9 Å². The summed E-state index contributed by atoms with van der Waals surface area (Å²) in [6, 6.07) is 15.3. The van der Waals surface area contributed by atoms with Crippen molar-refractivity contribution in [2.75, 3.05) is 25.0 Å². The zero-order valence-corrected chi connectivity index (χ0v) is 31.2. The van der Waals surface area contributed by atoms with E-state index in [1.54, 1.807) is 25.0 Å². The van der Waals surface area contributed by atoms with Gasteiger partial charge in [-0.15, -0.1) is 0 Å². The molecule has 0 amide bonds. The zero-order chi connectivity index (χ0) is 35.4. The first-order valence-corrected chi connectivity index (χ1v) is 17.7. The standard InChI is InChI=1S/C30H18O10.2C2H6OS.Zn/c31-15-4-1-13(2-5-15)24-12-23(38)29-21(36)10-20(35)27(30(29)40-24)17-7-14(3-6-18(17)33)25-11-22(37)28-19(34)8-16(32)9-26(28)39-25;2*1-4(2)3;/h1-12,31-36H;2*1-2H3;. The number of hydrogen-bond acceptors (Lipinski definition) is 12. The Labute approximate surface area is 296 Å². The average Bonchev–Trinajstić information content (AvgIpc) is 2.96. The maximum Gasteiger partial charge on any atom is 0.197 e. The van der Waals surface area contributed by atoms with Gasteiger partial charge in [0.25, 0.3) is 0 Å². The fourth-order valence-electron chi connectivity index (χ4n) is 4.62. The van der Waals surface area contributed by atoms with Crippen LogP contribution in [0.5, 0.6) is 34.5 Å². The van der Waals surface area contributed by atoms with Gasteiger partial charge < -0.3 is 39.5 Å². The Kier molecular flexibility index (Phi) is 12.5. The smallest absolute Gasteiger partial charge is 0.197 e. The molecule has 6 aromatic rings. The van der Waals surface area contributed by atoms with Crippen LogP contribution in [0.25, 0.3) is 55.7 Å². The van der Waals surface area contributed by atoms with Crippen molar-refractivity contribution in [2.24, 2.45) is 0 Å². The quantitative estimate of drug-likeness (QED) is 0.130. The number of hydrogen-bond donors (Lipinski definition) is 6. The third kappa shape index (κ3) is 8.93. The summed E-state index contributed by atoms with van der Waals surface area (Å²) >= 11 is 0. The van der Waals surface area contributed by atoms with Crippen molar-refractivity contribution >= 4 is 43.5 Å². The van der Waals surface area contributed by atoms with Crippen LogP contribution in [0.1, 0.15) is 0 Å². The van der Waals surface area contributed by atoms with Gasteiger partial charge in [0.1, 0.15) is 62.4 Å². The van der Waals surface area contributed by atoms with Crippen LogP contribution in [0.15, 0.2) is 91.2 Å². The van der Waals surface area contributed by atoms with Gasteiger partial charge in [0.2, 0.25) is 0 Å². The minimum absolute atomic E-state index is 0. The van der Waals surface area contributed by atoms with Crippen LogP contribution in [0.4, 0.5) is 0 Å². The van der Waals surface area contributed by atoms with E-state index in [0.29, 0.717) is 5.56 Å². The minimum Gasteiger partial charge on any atom is -0.508 e. The topological polar surface area (TPSA) is 216 Å². The van der Waals surface area contributed by atoms with Gasteiger partial charge in [-0.2, -0.15) is 0 Å². The second kappa shape index (κ2) is 15.9. The molecule has 0 aliphatic rings. The first kappa shape index (κ1) is 38.5. The van der Waals surface area contributed by atoms with Gasteiger partial charge in [0.05, 0.1) is 5.56 Å². The number of phenols is 6. The van der Waals surface area contributed by atoms with E-state index < -0.39 is 49.7 Å². The van der Waals surface area contributed by atoms with E-state index in [1.165, 1.54) is 48.5 Å². The minimum atomic E-state index is -0.626. The third-order valence-electron chi connectivity index (χ3n) is 6.46. The normalized spacial score (nSPS) is 10.7. The Balaban J connectivity index is 0.000000654. The maximum absolute atomic E-state index is 13.0. The van der Waals surface area contributed by atoms with E-state index in [4.69, 9.17) is 8.83 Å². The third-order valence-corrected chi connectivity index (χ3v) is 6.46. The van der Waals surface area contributed by atoms with Gasteiger partial charge in [-0.1, -0.05) is 0 Å². The van der Waals surface area contributed by atoms with Gasteiger partial charge in [0, 0.05) is 113 Å². The Morgan fingerprint density at radius 1 is 0.531 bits per heavy atom. The van der Waals surface area contributed by atoms with Crippen molar-refractivity contribution in [3.05, 3.63) is 93.2 Å². The molecule has 0 aliphatic carbocycles. The van der Waals surface area contributed by atoms with Crippen molar-refractivity contribution in [3.63, 3.8) is 0 Å². The largest absolute Gasteiger partial charge is 0.508 e. The van der Waals surface area contributed by atoms with Crippen molar-refractivity contribution < 1.29 is 67.4 Å². The van der Waals surface area contributed by atoms with E-state index in [2.05, 4.69) is 0 Å². The van der Waals surface area contributed by atoms with Gasteiger partial charge in [-0.25, -0.2) is 0 Å². The molecule has 49 heavy (non-hydrogen) atoms. The first-order valence-electron chi connectivity index (χ1n) is 13.7. The molecule has 0 saturated carbocycles. The van der Waals surface area contributed by atoms with Crippen LogP contribution >= 0.6 is 0 Å². The van der Waals surface area contributed by atoms with Gasteiger partial charge in [0.15, 0.2) is 16.4 Å². The predicted octanol–water partition coefficient (Wildman–Crippen LogP) is 5.12. The van der Waals surface area contributed by atoms with E-state index >= 15 is 0 Å². The molecule has 0 spiro atoms. The molecule has 4 aromatic carbocycles. The molecule has 0 bridgehead atoms. The zero-order valence-electron chi connectivity index (χ0n) is 26.6. The molecule has 6 rings (SSSR count). The van der Waals surface area contributed by atoms with Crippen LogP contribution in [-0.2, 0) is 41.1 Å². The van der Waals surface area contributed by atoms with Crippen LogP contribution in [0, 0.1) is 0 Å². The molecule has 0 saturated heterocycles. The summed E-state index contributed by atoms with van der Waals surface area (Å²) < 4.78 is 30.9. The summed E-state index contributed by atoms with van der Waals surface area (Å²) in [7, 11) is -1.22. The summed E-state index contributed by atoms with van der Waals surface area (Å²) in [6.07, 6.45) is 6.56. The second-order valence-electron chi connectivity index (χ2n) is 10.5. The molecular weight excluding hydrogens is 730 g/mol. The molecule has 2 heterocycles. The molecule has 0 unspecified atom stereocenters. The number of rotatable bonds is 3. The molecule has 15 heteroatoms. The Hall–Kier alpha value is -4.98. The van der Waals surface area contributed by atoms with E-state index in [-0.39, 0.29) is 86.9 Å². The summed E-state index contributed by atoms with van der Waals surface area (Å²) in [5.74, 6) is -2.09. The van der Waals surface area contributed by atoms with Crippen molar-refractivity contribution in [3.8, 4) is 68.3 Å². The van der Waals surface area contributed by atoms with Crippen molar-refractivity contribution in [1.82, 2.24) is 0 Å². The summed E-state index contributed by atoms with van der Waals surface area (Å²) in [4.78, 5) is 25.8. The second-order valence-corrected chi connectivity index (χ2v) is 13.5. The van der Waals surface area contributed by atoms with Gasteiger partial charge >= 0.3 is 0 Å². The van der Waals surface area contributed by atoms with Crippen molar-refractivity contribution in [1.29, 1.82) is 0 Å². The summed E-state index contributed by atoms with van der Waals surface area (Å²) in [5, 5.41) is 61.3. The van der Waals surface area contributed by atoms with Crippen LogP contribution in [-0.4, -0.2) is 64.1 Å². The summed E-state index contributed by atoms with van der Waals surface area (Å²) in [5.41, 5.74) is -0.992. The molecule has 0 aliphatic heterocycles. The molecule has 0 radical (unpaired) electrons. The first-order chi connectivity index (χ1) is 22.6. The predicted molar refractivity (Wildman–Crippen MR) is 185 cm³/mol. The van der Waals surface area contributed by atoms with E-state index in [1.807, 2.05) is 0 Å². The molecule has 2 aromatic heterocycles. The van der Waals surface area contributed by atoms with Crippen LogP contribution in [0.3, 0.4) is 0 Å². The Bertz CT molecular complexity index is 2310. The summed E-state index contributed by atoms with van der Waals surface area (Å²) in [6.45, 7) is 0. The molecule has 0 fully saturated rings. The van der Waals surface area contributed by atoms with Gasteiger partial charge in [-0.05, 0) is 42.5 Å². The number of benzene rings is 4. The van der Waals surface area contributed by atoms with Crippen molar-refractivity contribution in [2.45, 2.75) is 0 Å². The van der Waals surface area contributed by atoms with E-state index in [0.717, 1.165) is 24.3 Å². The fraction of sp³-hybridized carbons (Fsp3) is 0.118. The molecule has 6 N–H and O–H groups in total. The SMILES string of the molecule is CS(C)=O.CS(C)=O.O=c1cc(-c2ccc(O)c(-c3c(O)cc(O)c4c(=O)cc(-c5ccc(O)cc5)oc34)c2)oc2cc(O)cc(O)c12.[Zn]. The molecular formula is C34H30O12S2Zn.